The molecule has 1 amide bonds. The SMILES string of the molecule is Cc1ncsc1CN(C)CC(=O)Nc1cc(N)ccc1F. The highest BCUT2D eigenvalue weighted by atomic mass is 32.1. The van der Waals surface area contributed by atoms with Gasteiger partial charge in [-0.15, -0.1) is 11.3 Å². The Labute approximate surface area is 126 Å². The van der Waals surface area contributed by atoms with Gasteiger partial charge in [0, 0.05) is 17.1 Å². The van der Waals surface area contributed by atoms with Crippen LogP contribution >= 0.6 is 11.3 Å². The minimum Gasteiger partial charge on any atom is -0.399 e. The van der Waals surface area contributed by atoms with Gasteiger partial charge in [-0.2, -0.15) is 0 Å². The summed E-state index contributed by atoms with van der Waals surface area (Å²) in [7, 11) is 1.83. The first-order valence-electron chi connectivity index (χ1n) is 6.38. The molecule has 0 atom stereocenters. The third-order valence-electron chi connectivity index (χ3n) is 2.94. The van der Waals surface area contributed by atoms with Crippen LogP contribution in [0.1, 0.15) is 10.6 Å². The first-order chi connectivity index (χ1) is 9.95. The van der Waals surface area contributed by atoms with Crippen LogP contribution in [-0.4, -0.2) is 29.4 Å². The molecule has 3 N–H and O–H groups in total. The number of thiazole rings is 1. The molecule has 0 radical (unpaired) electrons. The van der Waals surface area contributed by atoms with Crippen molar-refractivity contribution in [1.29, 1.82) is 0 Å². The van der Waals surface area contributed by atoms with Gasteiger partial charge in [0.15, 0.2) is 0 Å². The molecule has 5 nitrogen and oxygen atoms in total. The molecule has 0 unspecified atom stereocenters. The number of likely N-dealkylation sites (N-methyl/N-ethyl adjacent to an activating group) is 1. The van der Waals surface area contributed by atoms with Gasteiger partial charge >= 0.3 is 0 Å². The van der Waals surface area contributed by atoms with Crippen LogP contribution in [0.25, 0.3) is 0 Å². The summed E-state index contributed by atoms with van der Waals surface area (Å²) >= 11 is 1.55. The number of nitrogen functional groups attached to an aromatic ring is 1. The first-order valence-corrected chi connectivity index (χ1v) is 7.26. The van der Waals surface area contributed by atoms with Crippen LogP contribution in [0.2, 0.25) is 0 Å². The number of hydrogen-bond acceptors (Lipinski definition) is 5. The zero-order valence-electron chi connectivity index (χ0n) is 11.9. The van der Waals surface area contributed by atoms with Crippen molar-refractivity contribution in [3.05, 3.63) is 40.1 Å². The topological polar surface area (TPSA) is 71.2 Å². The van der Waals surface area contributed by atoms with Crippen LogP contribution in [0.4, 0.5) is 15.8 Å². The molecular formula is C14H17FN4OS. The van der Waals surface area contributed by atoms with E-state index in [4.69, 9.17) is 5.73 Å². The fourth-order valence-electron chi connectivity index (χ4n) is 1.85. The average molecular weight is 308 g/mol. The smallest absolute Gasteiger partial charge is 0.238 e. The summed E-state index contributed by atoms with van der Waals surface area (Å²) in [6, 6.07) is 4.08. The molecule has 0 aliphatic heterocycles. The van der Waals surface area contributed by atoms with Crippen LogP contribution in [0, 0.1) is 12.7 Å². The predicted octanol–water partition coefficient (Wildman–Crippen LogP) is 2.24. The molecule has 0 bridgehead atoms. The van der Waals surface area contributed by atoms with Crippen LogP contribution in [0.3, 0.4) is 0 Å². The lowest BCUT2D eigenvalue weighted by Crippen LogP contribution is -2.30. The second-order valence-corrected chi connectivity index (χ2v) is 5.76. The van der Waals surface area contributed by atoms with Crippen molar-refractivity contribution >= 4 is 28.6 Å². The third kappa shape index (κ3) is 4.24. The summed E-state index contributed by atoms with van der Waals surface area (Å²) in [4.78, 5) is 19.1. The van der Waals surface area contributed by atoms with E-state index < -0.39 is 5.82 Å². The Morgan fingerprint density at radius 3 is 2.95 bits per heavy atom. The highest BCUT2D eigenvalue weighted by molar-refractivity contribution is 7.09. The molecule has 0 spiro atoms. The van der Waals surface area contributed by atoms with Gasteiger partial charge in [-0.05, 0) is 32.2 Å². The van der Waals surface area contributed by atoms with Crippen molar-refractivity contribution < 1.29 is 9.18 Å². The van der Waals surface area contributed by atoms with Gasteiger partial charge in [0.05, 0.1) is 23.4 Å². The molecule has 112 valence electrons. The fourth-order valence-corrected chi connectivity index (χ4v) is 2.71. The standard InChI is InChI=1S/C14H17FN4OS/c1-9-13(21-8-17-9)6-19(2)7-14(20)18-12-5-10(16)3-4-11(12)15/h3-5,8H,6-7,16H2,1-2H3,(H,18,20). The van der Waals surface area contributed by atoms with Gasteiger partial charge in [0.1, 0.15) is 5.82 Å². The maximum atomic E-state index is 13.5. The van der Waals surface area contributed by atoms with Gasteiger partial charge < -0.3 is 11.1 Å². The maximum absolute atomic E-state index is 13.5. The van der Waals surface area contributed by atoms with Crippen molar-refractivity contribution in [3.63, 3.8) is 0 Å². The lowest BCUT2D eigenvalue weighted by atomic mass is 10.2. The number of aryl methyl sites for hydroxylation is 1. The van der Waals surface area contributed by atoms with Crippen LogP contribution < -0.4 is 11.1 Å². The summed E-state index contributed by atoms with van der Waals surface area (Å²) in [5.41, 5.74) is 8.83. The minimum absolute atomic E-state index is 0.0994. The molecule has 1 heterocycles. The van der Waals surface area contributed by atoms with Gasteiger partial charge in [0.2, 0.25) is 5.91 Å². The third-order valence-corrected chi connectivity index (χ3v) is 3.86. The summed E-state index contributed by atoms with van der Waals surface area (Å²) in [5.74, 6) is -0.789. The van der Waals surface area contributed by atoms with Crippen molar-refractivity contribution in [2.75, 3.05) is 24.6 Å². The Morgan fingerprint density at radius 2 is 2.29 bits per heavy atom. The molecule has 0 aliphatic carbocycles. The molecule has 0 fully saturated rings. The van der Waals surface area contributed by atoms with Gasteiger partial charge in [-0.3, -0.25) is 9.69 Å². The number of benzene rings is 1. The van der Waals surface area contributed by atoms with Gasteiger partial charge in [0.25, 0.3) is 0 Å². The molecule has 2 aromatic rings. The Bertz CT molecular complexity index is 644. The molecule has 0 saturated carbocycles. The summed E-state index contributed by atoms with van der Waals surface area (Å²) < 4.78 is 13.5. The first kappa shape index (κ1) is 15.4. The van der Waals surface area contributed by atoms with E-state index >= 15 is 0 Å². The number of aromatic nitrogens is 1. The number of carbonyl (C=O) groups excluding carboxylic acids is 1. The molecular weight excluding hydrogens is 291 g/mol. The lowest BCUT2D eigenvalue weighted by Gasteiger charge is -2.16. The number of nitrogens with two attached hydrogens (primary N) is 1. The molecule has 2 rings (SSSR count). The van der Waals surface area contributed by atoms with E-state index in [1.165, 1.54) is 18.2 Å². The zero-order valence-corrected chi connectivity index (χ0v) is 12.7. The number of halogens is 1. The second-order valence-electron chi connectivity index (χ2n) is 4.82. The van der Waals surface area contributed by atoms with Crippen molar-refractivity contribution in [2.24, 2.45) is 0 Å². The van der Waals surface area contributed by atoms with E-state index in [-0.39, 0.29) is 18.1 Å². The average Bonchev–Trinajstić information content (AvgIpc) is 2.79. The van der Waals surface area contributed by atoms with E-state index in [0.717, 1.165) is 10.6 Å². The predicted molar refractivity (Wildman–Crippen MR) is 82.6 cm³/mol. The number of anilines is 2. The summed E-state index contributed by atoms with van der Waals surface area (Å²) in [6.45, 7) is 2.72. The van der Waals surface area contributed by atoms with Crippen LogP contribution in [0.5, 0.6) is 0 Å². The monoisotopic (exact) mass is 308 g/mol. The van der Waals surface area contributed by atoms with Crippen LogP contribution in [-0.2, 0) is 11.3 Å². The van der Waals surface area contributed by atoms with Crippen molar-refractivity contribution in [2.45, 2.75) is 13.5 Å². The highest BCUT2D eigenvalue weighted by Crippen LogP contribution is 2.18. The number of rotatable bonds is 5. The number of nitrogens with one attached hydrogen (secondary N) is 1. The van der Waals surface area contributed by atoms with E-state index in [0.29, 0.717) is 12.2 Å². The van der Waals surface area contributed by atoms with Gasteiger partial charge in [-0.25, -0.2) is 9.37 Å². The Morgan fingerprint density at radius 1 is 1.52 bits per heavy atom. The Balaban J connectivity index is 1.92. The summed E-state index contributed by atoms with van der Waals surface area (Å²) in [6.07, 6.45) is 0. The van der Waals surface area contributed by atoms with E-state index in [1.807, 2.05) is 18.9 Å². The number of hydrogen-bond donors (Lipinski definition) is 2. The maximum Gasteiger partial charge on any atom is 0.238 e. The number of nitrogens with zero attached hydrogens (tertiary/aromatic N) is 2. The second kappa shape index (κ2) is 6.64. The van der Waals surface area contributed by atoms with E-state index in [2.05, 4.69) is 10.3 Å². The van der Waals surface area contributed by atoms with Crippen LogP contribution in [0.15, 0.2) is 23.7 Å². The minimum atomic E-state index is -0.501. The Kier molecular flexibility index (Phi) is 4.87. The lowest BCUT2D eigenvalue weighted by molar-refractivity contribution is -0.117. The van der Waals surface area contributed by atoms with Gasteiger partial charge in [-0.1, -0.05) is 0 Å². The molecule has 1 aromatic carbocycles. The fraction of sp³-hybridized carbons (Fsp3) is 0.286. The summed E-state index contributed by atoms with van der Waals surface area (Å²) in [5, 5.41) is 2.53. The number of carbonyl (C=O) groups is 1. The molecule has 7 heteroatoms. The number of amides is 1. The van der Waals surface area contributed by atoms with E-state index in [9.17, 15) is 9.18 Å². The molecule has 0 aliphatic rings. The van der Waals surface area contributed by atoms with Crippen molar-refractivity contribution in [1.82, 2.24) is 9.88 Å². The molecule has 0 saturated heterocycles. The van der Waals surface area contributed by atoms with E-state index in [1.54, 1.807) is 16.8 Å². The highest BCUT2D eigenvalue weighted by Gasteiger charge is 2.12. The quantitative estimate of drug-likeness (QED) is 0.831. The normalized spacial score (nSPS) is 10.9. The molecule has 21 heavy (non-hydrogen) atoms. The Hall–Kier alpha value is -1.99. The van der Waals surface area contributed by atoms with Crippen molar-refractivity contribution in [3.8, 4) is 0 Å². The largest absolute Gasteiger partial charge is 0.399 e. The zero-order chi connectivity index (χ0) is 15.4. The molecule has 1 aromatic heterocycles.